The Morgan fingerprint density at radius 1 is 1.26 bits per heavy atom. The second kappa shape index (κ2) is 6.45. The van der Waals surface area contributed by atoms with Gasteiger partial charge in [0.05, 0.1) is 25.5 Å². The van der Waals surface area contributed by atoms with Gasteiger partial charge in [0.1, 0.15) is 6.17 Å². The van der Waals surface area contributed by atoms with Crippen LogP contribution in [0.25, 0.3) is 0 Å². The van der Waals surface area contributed by atoms with Crippen LogP contribution in [0.1, 0.15) is 18.0 Å². The molecule has 1 N–H and O–H groups in total. The minimum absolute atomic E-state index is 0.229. The average Bonchev–Trinajstić information content (AvgIpc) is 2.55. The maximum absolute atomic E-state index is 14.2. The molecule has 5 nitrogen and oxygen atoms in total. The van der Waals surface area contributed by atoms with Crippen molar-refractivity contribution in [1.29, 1.82) is 0 Å². The van der Waals surface area contributed by atoms with Gasteiger partial charge in [0.15, 0.2) is 0 Å². The van der Waals surface area contributed by atoms with Crippen molar-refractivity contribution in [2.24, 2.45) is 5.92 Å². The number of nitrogens with one attached hydrogen (secondary N) is 1. The summed E-state index contributed by atoms with van der Waals surface area (Å²) in [6.45, 7) is 0.620. The molecule has 7 heteroatoms. The van der Waals surface area contributed by atoms with E-state index in [0.29, 0.717) is 13.0 Å². The van der Waals surface area contributed by atoms with E-state index in [1.807, 2.05) is 35.3 Å². The Kier molecular flexibility index (Phi) is 4.38. The number of halogens is 2. The number of hydrogen-bond acceptors (Lipinski definition) is 3. The van der Waals surface area contributed by atoms with Gasteiger partial charge in [-0.05, 0) is 12.0 Å². The Bertz CT molecular complexity index is 788. The van der Waals surface area contributed by atoms with Gasteiger partial charge in [-0.3, -0.25) is 14.3 Å². The van der Waals surface area contributed by atoms with Crippen LogP contribution in [0, 0.1) is 11.7 Å². The molecule has 3 atom stereocenters. The van der Waals surface area contributed by atoms with Gasteiger partial charge >= 0.3 is 5.69 Å². The second-order valence-corrected chi connectivity index (χ2v) is 5.65. The lowest BCUT2D eigenvalue weighted by atomic mass is 9.78. The van der Waals surface area contributed by atoms with Gasteiger partial charge in [-0.15, -0.1) is 0 Å². The van der Waals surface area contributed by atoms with Crippen molar-refractivity contribution < 1.29 is 13.5 Å². The Balaban J connectivity index is 1.56. The van der Waals surface area contributed by atoms with Gasteiger partial charge in [-0.2, -0.15) is 4.39 Å². The van der Waals surface area contributed by atoms with Crippen LogP contribution in [0.2, 0.25) is 0 Å². The summed E-state index contributed by atoms with van der Waals surface area (Å²) in [6, 6.07) is 8.76. The van der Waals surface area contributed by atoms with Crippen molar-refractivity contribution in [2.75, 3.05) is 6.61 Å². The SMILES string of the molecule is O=c1[nH]c(=O)n(C2CC(COCc3ccccc3)C2F)cc1F. The molecule has 1 saturated carbocycles. The van der Waals surface area contributed by atoms with E-state index in [9.17, 15) is 18.4 Å². The van der Waals surface area contributed by atoms with Gasteiger partial charge in [0.25, 0.3) is 5.56 Å². The fourth-order valence-electron chi connectivity index (χ4n) is 2.72. The Morgan fingerprint density at radius 2 is 2.00 bits per heavy atom. The molecule has 3 rings (SSSR count). The summed E-state index contributed by atoms with van der Waals surface area (Å²) >= 11 is 0. The molecular formula is C16H16F2N2O3. The second-order valence-electron chi connectivity index (χ2n) is 5.65. The maximum Gasteiger partial charge on any atom is 0.328 e. The van der Waals surface area contributed by atoms with Crippen LogP contribution in [0.3, 0.4) is 0 Å². The Labute approximate surface area is 130 Å². The lowest BCUT2D eigenvalue weighted by molar-refractivity contribution is -0.0318. The van der Waals surface area contributed by atoms with Gasteiger partial charge in [-0.1, -0.05) is 30.3 Å². The summed E-state index contributed by atoms with van der Waals surface area (Å²) in [7, 11) is 0. The number of hydrogen-bond donors (Lipinski definition) is 1. The van der Waals surface area contributed by atoms with Crippen LogP contribution in [0.15, 0.2) is 46.1 Å². The van der Waals surface area contributed by atoms with Crippen LogP contribution in [0.5, 0.6) is 0 Å². The molecule has 1 aliphatic carbocycles. The summed E-state index contributed by atoms with van der Waals surface area (Å²) in [4.78, 5) is 24.4. The monoisotopic (exact) mass is 322 g/mol. The van der Waals surface area contributed by atoms with Crippen molar-refractivity contribution in [3.8, 4) is 0 Å². The van der Waals surface area contributed by atoms with E-state index >= 15 is 0 Å². The predicted octanol–water partition coefficient (Wildman–Crippen LogP) is 1.79. The first-order chi connectivity index (χ1) is 11.1. The summed E-state index contributed by atoms with van der Waals surface area (Å²) in [5.74, 6) is -1.44. The maximum atomic E-state index is 14.2. The molecule has 1 aromatic heterocycles. The van der Waals surface area contributed by atoms with Crippen molar-refractivity contribution >= 4 is 0 Å². The van der Waals surface area contributed by atoms with E-state index in [1.165, 1.54) is 0 Å². The average molecular weight is 322 g/mol. The standard InChI is InChI=1S/C16H16F2N2O3/c17-12-7-20(16(22)19-15(12)21)13-6-11(14(13)18)9-23-8-10-4-2-1-3-5-10/h1-5,7,11,13-14H,6,8-9H2,(H,19,21,22). The molecule has 1 heterocycles. The third kappa shape index (κ3) is 3.24. The number of ether oxygens (including phenoxy) is 1. The van der Waals surface area contributed by atoms with Crippen LogP contribution in [0.4, 0.5) is 8.78 Å². The minimum Gasteiger partial charge on any atom is -0.376 e. The minimum atomic E-state index is -1.31. The molecule has 0 spiro atoms. The summed E-state index contributed by atoms with van der Waals surface area (Å²) in [5, 5.41) is 0. The number of aromatic amines is 1. The lowest BCUT2D eigenvalue weighted by Crippen LogP contribution is -2.47. The quantitative estimate of drug-likeness (QED) is 0.913. The van der Waals surface area contributed by atoms with Crippen molar-refractivity contribution in [1.82, 2.24) is 9.55 Å². The van der Waals surface area contributed by atoms with E-state index in [-0.39, 0.29) is 12.5 Å². The Morgan fingerprint density at radius 3 is 2.70 bits per heavy atom. The molecule has 122 valence electrons. The molecular weight excluding hydrogens is 306 g/mol. The Hall–Kier alpha value is -2.28. The molecule has 23 heavy (non-hydrogen) atoms. The largest absolute Gasteiger partial charge is 0.376 e. The van der Waals surface area contributed by atoms with Gasteiger partial charge in [-0.25, -0.2) is 9.18 Å². The molecule has 0 saturated heterocycles. The van der Waals surface area contributed by atoms with Crippen molar-refractivity contribution in [3.05, 3.63) is 68.7 Å². The third-order valence-corrected chi connectivity index (χ3v) is 4.09. The van der Waals surface area contributed by atoms with Crippen molar-refractivity contribution in [2.45, 2.75) is 25.2 Å². The highest BCUT2D eigenvalue weighted by molar-refractivity contribution is 5.13. The number of benzene rings is 1. The van der Waals surface area contributed by atoms with Crippen LogP contribution >= 0.6 is 0 Å². The van der Waals surface area contributed by atoms with Gasteiger partial charge < -0.3 is 4.74 Å². The molecule has 3 unspecified atom stereocenters. The van der Waals surface area contributed by atoms with E-state index in [4.69, 9.17) is 4.74 Å². The molecule has 1 aromatic carbocycles. The molecule has 2 aromatic rings. The van der Waals surface area contributed by atoms with Gasteiger partial charge in [0, 0.05) is 5.92 Å². The first kappa shape index (κ1) is 15.6. The van der Waals surface area contributed by atoms with E-state index in [2.05, 4.69) is 0 Å². The first-order valence-corrected chi connectivity index (χ1v) is 7.33. The summed E-state index contributed by atoms with van der Waals surface area (Å²) < 4.78 is 33.9. The number of rotatable bonds is 5. The zero-order chi connectivity index (χ0) is 16.4. The number of H-pyrrole nitrogens is 1. The van der Waals surface area contributed by atoms with Crippen molar-refractivity contribution in [3.63, 3.8) is 0 Å². The summed E-state index contributed by atoms with van der Waals surface area (Å²) in [5.41, 5.74) is -0.894. The number of alkyl halides is 1. The zero-order valence-corrected chi connectivity index (χ0v) is 12.2. The normalized spacial score (nSPS) is 23.5. The van der Waals surface area contributed by atoms with E-state index < -0.39 is 29.3 Å². The number of nitrogens with zero attached hydrogens (tertiary/aromatic N) is 1. The molecule has 1 fully saturated rings. The molecule has 1 aliphatic rings. The fraction of sp³-hybridized carbons (Fsp3) is 0.375. The highest BCUT2D eigenvalue weighted by atomic mass is 19.1. The molecule has 0 aliphatic heterocycles. The predicted molar refractivity (Wildman–Crippen MR) is 79.4 cm³/mol. The van der Waals surface area contributed by atoms with Crippen LogP contribution in [-0.2, 0) is 11.3 Å². The van der Waals surface area contributed by atoms with E-state index in [1.54, 1.807) is 0 Å². The number of aromatic nitrogens is 2. The van der Waals surface area contributed by atoms with E-state index in [0.717, 1.165) is 16.3 Å². The van der Waals surface area contributed by atoms with Gasteiger partial charge in [0.2, 0.25) is 5.82 Å². The lowest BCUT2D eigenvalue weighted by Gasteiger charge is -2.39. The zero-order valence-electron chi connectivity index (χ0n) is 12.2. The van der Waals surface area contributed by atoms with Crippen LogP contribution in [-0.4, -0.2) is 22.3 Å². The fourth-order valence-corrected chi connectivity index (χ4v) is 2.72. The molecule has 0 bridgehead atoms. The van der Waals surface area contributed by atoms with Crippen LogP contribution < -0.4 is 11.2 Å². The first-order valence-electron chi connectivity index (χ1n) is 7.33. The third-order valence-electron chi connectivity index (χ3n) is 4.09. The summed E-state index contributed by atoms with van der Waals surface area (Å²) in [6.07, 6.45) is -0.186. The highest BCUT2D eigenvalue weighted by Crippen LogP contribution is 2.40. The topological polar surface area (TPSA) is 64.1 Å². The molecule has 0 radical (unpaired) electrons. The highest BCUT2D eigenvalue weighted by Gasteiger charge is 2.43. The molecule has 0 amide bonds. The smallest absolute Gasteiger partial charge is 0.328 e.